The molecule has 0 fully saturated rings. The normalized spacial score (nSPS) is 10.1. The molecule has 7 heteroatoms. The predicted octanol–water partition coefficient (Wildman–Crippen LogP) is 2.89. The molecule has 1 N–H and O–H groups in total. The Bertz CT molecular complexity index is 772. The van der Waals surface area contributed by atoms with Crippen molar-refractivity contribution >= 4 is 29.3 Å². The van der Waals surface area contributed by atoms with Gasteiger partial charge in [-0.3, -0.25) is 14.4 Å². The number of nitrogens with one attached hydrogen (secondary N) is 1. The highest BCUT2D eigenvalue weighted by Crippen LogP contribution is 2.12. The fraction of sp³-hybridized carbons (Fsp3) is 0.211. The van der Waals surface area contributed by atoms with Gasteiger partial charge >= 0.3 is 5.97 Å². The molecule has 0 aromatic heterocycles. The first kappa shape index (κ1) is 19.5. The van der Waals surface area contributed by atoms with Crippen LogP contribution in [0.4, 0.5) is 0 Å². The van der Waals surface area contributed by atoms with Crippen LogP contribution in [0.5, 0.6) is 5.75 Å². The summed E-state index contributed by atoms with van der Waals surface area (Å²) in [5.41, 5.74) is 0.777. The van der Waals surface area contributed by atoms with E-state index in [1.165, 1.54) is 0 Å². The molecule has 2 aromatic carbocycles. The van der Waals surface area contributed by atoms with E-state index in [0.717, 1.165) is 0 Å². The molecule has 0 saturated heterocycles. The van der Waals surface area contributed by atoms with Gasteiger partial charge in [0.25, 0.3) is 5.91 Å². The molecule has 0 radical (unpaired) electrons. The predicted molar refractivity (Wildman–Crippen MR) is 96.7 cm³/mol. The third-order valence-electron chi connectivity index (χ3n) is 3.35. The first-order valence-electron chi connectivity index (χ1n) is 7.95. The fourth-order valence-corrected chi connectivity index (χ4v) is 2.17. The van der Waals surface area contributed by atoms with E-state index in [1.807, 2.05) is 6.92 Å². The van der Waals surface area contributed by atoms with Crippen molar-refractivity contribution in [1.82, 2.24) is 5.32 Å². The van der Waals surface area contributed by atoms with Crippen molar-refractivity contribution in [3.05, 3.63) is 64.7 Å². The van der Waals surface area contributed by atoms with Crippen molar-refractivity contribution in [2.45, 2.75) is 6.92 Å². The topological polar surface area (TPSA) is 81.7 Å². The monoisotopic (exact) mass is 375 g/mol. The van der Waals surface area contributed by atoms with E-state index in [0.29, 0.717) is 28.5 Å². The second-order valence-corrected chi connectivity index (χ2v) is 5.67. The highest BCUT2D eigenvalue weighted by molar-refractivity contribution is 6.30. The van der Waals surface area contributed by atoms with Crippen LogP contribution < -0.4 is 10.1 Å². The Morgan fingerprint density at radius 1 is 0.962 bits per heavy atom. The van der Waals surface area contributed by atoms with Crippen LogP contribution in [0.1, 0.15) is 27.6 Å². The molecule has 0 aliphatic carbocycles. The Labute approximate surface area is 156 Å². The highest BCUT2D eigenvalue weighted by atomic mass is 35.5. The van der Waals surface area contributed by atoms with Crippen LogP contribution >= 0.6 is 11.6 Å². The molecule has 1 amide bonds. The number of Topliss-reactive ketones (excluding diaryl/α,β-unsaturated/α-hetero) is 1. The van der Waals surface area contributed by atoms with Crippen LogP contribution in [0.3, 0.4) is 0 Å². The van der Waals surface area contributed by atoms with Gasteiger partial charge in [0.2, 0.25) is 0 Å². The van der Waals surface area contributed by atoms with E-state index in [2.05, 4.69) is 5.32 Å². The minimum atomic E-state index is -0.702. The lowest BCUT2D eigenvalue weighted by molar-refractivity contribution is -0.141. The van der Waals surface area contributed by atoms with Crippen LogP contribution in [0, 0.1) is 0 Å². The van der Waals surface area contributed by atoms with E-state index in [9.17, 15) is 14.4 Å². The molecule has 0 aliphatic rings. The summed E-state index contributed by atoms with van der Waals surface area (Å²) in [5.74, 6) is -0.822. The maximum absolute atomic E-state index is 12.0. The summed E-state index contributed by atoms with van der Waals surface area (Å²) in [6.45, 7) is 1.66. The Balaban J connectivity index is 1.76. The number of ketones is 1. The van der Waals surface area contributed by atoms with Gasteiger partial charge in [0.1, 0.15) is 12.3 Å². The maximum Gasteiger partial charge on any atom is 0.325 e. The number of esters is 1. The number of amides is 1. The van der Waals surface area contributed by atoms with Crippen molar-refractivity contribution in [3.8, 4) is 5.75 Å². The number of carbonyl (C=O) groups excluding carboxylic acids is 3. The van der Waals surface area contributed by atoms with Crippen molar-refractivity contribution in [3.63, 3.8) is 0 Å². The van der Waals surface area contributed by atoms with Crippen LogP contribution in [0.2, 0.25) is 5.02 Å². The average Bonchev–Trinajstić information content (AvgIpc) is 2.65. The Morgan fingerprint density at radius 2 is 1.58 bits per heavy atom. The molecule has 0 aliphatic heterocycles. The summed E-state index contributed by atoms with van der Waals surface area (Å²) >= 11 is 5.75. The van der Waals surface area contributed by atoms with Gasteiger partial charge in [-0.15, -0.1) is 0 Å². The number of carbonyl (C=O) groups is 3. The van der Waals surface area contributed by atoms with Crippen LogP contribution in [0.25, 0.3) is 0 Å². The van der Waals surface area contributed by atoms with Gasteiger partial charge in [-0.1, -0.05) is 11.6 Å². The minimum absolute atomic E-state index is 0.333. The molecule has 2 rings (SSSR count). The van der Waals surface area contributed by atoms with Crippen LogP contribution in [-0.2, 0) is 9.53 Å². The van der Waals surface area contributed by atoms with E-state index in [4.69, 9.17) is 21.1 Å². The third-order valence-corrected chi connectivity index (χ3v) is 3.60. The Hall–Kier alpha value is -2.86. The number of hydrogen-bond donors (Lipinski definition) is 1. The van der Waals surface area contributed by atoms with Crippen molar-refractivity contribution < 1.29 is 23.9 Å². The Kier molecular flexibility index (Phi) is 7.17. The minimum Gasteiger partial charge on any atom is -0.494 e. The first-order valence-corrected chi connectivity index (χ1v) is 8.33. The quantitative estimate of drug-likeness (QED) is 0.566. The molecule has 0 spiro atoms. The summed E-state index contributed by atoms with van der Waals surface area (Å²) in [5, 5.41) is 2.95. The highest BCUT2D eigenvalue weighted by Gasteiger charge is 2.12. The summed E-state index contributed by atoms with van der Waals surface area (Å²) in [6.07, 6.45) is 0. The molecule has 0 saturated carbocycles. The molecule has 6 nitrogen and oxygen atoms in total. The Morgan fingerprint density at radius 3 is 2.19 bits per heavy atom. The van der Waals surface area contributed by atoms with Gasteiger partial charge in [0.15, 0.2) is 12.4 Å². The second-order valence-electron chi connectivity index (χ2n) is 5.23. The zero-order valence-electron chi connectivity index (χ0n) is 14.2. The summed E-state index contributed by atoms with van der Waals surface area (Å²) in [4.78, 5) is 35.5. The largest absolute Gasteiger partial charge is 0.494 e. The molecule has 0 bridgehead atoms. The van der Waals surface area contributed by atoms with E-state index >= 15 is 0 Å². The average molecular weight is 376 g/mol. The number of hydrogen-bond acceptors (Lipinski definition) is 5. The number of ether oxygens (including phenoxy) is 2. The first-order chi connectivity index (χ1) is 12.5. The molecule has 136 valence electrons. The molecule has 0 heterocycles. The molecule has 0 unspecified atom stereocenters. The lowest BCUT2D eigenvalue weighted by Gasteiger charge is -2.07. The van der Waals surface area contributed by atoms with Crippen LogP contribution in [0.15, 0.2) is 48.5 Å². The van der Waals surface area contributed by atoms with Crippen LogP contribution in [-0.4, -0.2) is 37.4 Å². The fourth-order valence-electron chi connectivity index (χ4n) is 2.04. The van der Waals surface area contributed by atoms with Gasteiger partial charge in [-0.2, -0.15) is 0 Å². The number of halogens is 1. The zero-order chi connectivity index (χ0) is 18.9. The second kappa shape index (κ2) is 9.58. The third kappa shape index (κ3) is 5.89. The molecular weight excluding hydrogens is 358 g/mol. The maximum atomic E-state index is 12.0. The van der Waals surface area contributed by atoms with Gasteiger partial charge in [0.05, 0.1) is 6.61 Å². The smallest absolute Gasteiger partial charge is 0.325 e. The zero-order valence-corrected chi connectivity index (χ0v) is 14.9. The van der Waals surface area contributed by atoms with Crippen molar-refractivity contribution in [2.75, 3.05) is 19.8 Å². The molecule has 2 aromatic rings. The van der Waals surface area contributed by atoms with Crippen molar-refractivity contribution in [1.29, 1.82) is 0 Å². The molecular formula is C19H18ClNO5. The van der Waals surface area contributed by atoms with E-state index in [1.54, 1.807) is 48.5 Å². The number of rotatable bonds is 8. The number of benzene rings is 2. The van der Waals surface area contributed by atoms with Gasteiger partial charge in [0, 0.05) is 16.1 Å². The summed E-state index contributed by atoms with van der Waals surface area (Å²) in [6, 6.07) is 12.8. The lowest BCUT2D eigenvalue weighted by atomic mass is 10.1. The summed E-state index contributed by atoms with van der Waals surface area (Å²) < 4.78 is 10.2. The molecule has 0 atom stereocenters. The standard InChI is InChI=1S/C19H18ClNO5/c1-2-25-16-9-5-14(6-10-16)19(24)21-11-18(23)26-12-17(22)13-3-7-15(20)8-4-13/h3-10H,2,11-12H2,1H3,(H,21,24). The van der Waals surface area contributed by atoms with Gasteiger partial charge in [-0.05, 0) is 55.5 Å². The van der Waals surface area contributed by atoms with E-state index in [-0.39, 0.29) is 12.3 Å². The van der Waals surface area contributed by atoms with Gasteiger partial charge in [-0.25, -0.2) is 0 Å². The van der Waals surface area contributed by atoms with E-state index < -0.39 is 18.5 Å². The lowest BCUT2D eigenvalue weighted by Crippen LogP contribution is -2.31. The SMILES string of the molecule is CCOc1ccc(C(=O)NCC(=O)OCC(=O)c2ccc(Cl)cc2)cc1. The van der Waals surface area contributed by atoms with Crippen molar-refractivity contribution in [2.24, 2.45) is 0 Å². The van der Waals surface area contributed by atoms with Gasteiger partial charge < -0.3 is 14.8 Å². The molecule has 26 heavy (non-hydrogen) atoms. The summed E-state index contributed by atoms with van der Waals surface area (Å²) in [7, 11) is 0.